The third kappa shape index (κ3) is 8.90. The minimum atomic E-state index is -1.03. The van der Waals surface area contributed by atoms with Crippen LogP contribution < -0.4 is 0 Å². The second kappa shape index (κ2) is 9.19. The average Bonchev–Trinajstić information content (AvgIpc) is 2.26. The molecule has 0 aromatic carbocycles. The number of carboxylic acid groups (broad SMARTS) is 1. The van der Waals surface area contributed by atoms with E-state index in [1.165, 1.54) is 0 Å². The van der Waals surface area contributed by atoms with E-state index in [4.69, 9.17) is 5.11 Å². The van der Waals surface area contributed by atoms with Gasteiger partial charge in [-0.1, -0.05) is 0 Å². The summed E-state index contributed by atoms with van der Waals surface area (Å²) < 4.78 is 8.85. The van der Waals surface area contributed by atoms with Gasteiger partial charge in [-0.3, -0.25) is 9.80 Å². The van der Waals surface area contributed by atoms with Crippen LogP contribution in [0.2, 0.25) is 0 Å². The summed E-state index contributed by atoms with van der Waals surface area (Å²) in [6, 6.07) is 0. The topological polar surface area (TPSA) is 110 Å². The first-order chi connectivity index (χ1) is 8.10. The molecule has 0 spiro atoms. The van der Waals surface area contributed by atoms with Crippen LogP contribution in [0.3, 0.4) is 0 Å². The van der Waals surface area contributed by atoms with E-state index in [2.05, 4.69) is 24.8 Å². The summed E-state index contributed by atoms with van der Waals surface area (Å²) in [6.07, 6.45) is -0.874. The first-order valence-electron chi connectivity index (χ1n) is 4.89. The highest BCUT2D eigenvalue weighted by molar-refractivity contribution is 5.68. The van der Waals surface area contributed by atoms with E-state index in [-0.39, 0.29) is 13.2 Å². The Morgan fingerprint density at radius 1 is 1.29 bits per heavy atom. The first-order valence-corrected chi connectivity index (χ1v) is 4.89. The van der Waals surface area contributed by atoms with Crippen LogP contribution in [0.25, 0.3) is 0 Å². The minimum absolute atomic E-state index is 0.197. The Morgan fingerprint density at radius 3 is 2.53 bits per heavy atom. The van der Waals surface area contributed by atoms with Crippen LogP contribution in [0.1, 0.15) is 13.8 Å². The van der Waals surface area contributed by atoms with Gasteiger partial charge >= 0.3 is 12.1 Å². The number of rotatable bonds is 8. The van der Waals surface area contributed by atoms with Crippen LogP contribution in [-0.4, -0.2) is 48.7 Å². The molecule has 0 rings (SSSR count). The lowest BCUT2D eigenvalue weighted by Gasteiger charge is -2.10. The van der Waals surface area contributed by atoms with Crippen molar-refractivity contribution in [2.45, 2.75) is 13.8 Å². The molecular formula is C8H15N3O6. The number of carbonyl (C=O) groups is 2. The molecule has 9 nitrogen and oxygen atoms in total. The number of ether oxygens (including phenoxy) is 2. The molecule has 0 bridgehead atoms. The molecule has 0 aliphatic rings. The summed E-state index contributed by atoms with van der Waals surface area (Å²) >= 11 is 0. The molecule has 0 fully saturated rings. The number of aliphatic carboxylic acids is 1. The molecule has 0 aromatic rings. The second-order valence-electron chi connectivity index (χ2n) is 2.62. The molecule has 0 aromatic heterocycles. The van der Waals surface area contributed by atoms with Crippen molar-refractivity contribution in [3.05, 3.63) is 0 Å². The predicted octanol–water partition coefficient (Wildman–Crippen LogP) is 0.822. The van der Waals surface area contributed by atoms with Crippen LogP contribution in [-0.2, 0) is 19.1 Å². The Labute approximate surface area is 97.9 Å². The van der Waals surface area contributed by atoms with Gasteiger partial charge in [0.15, 0.2) is 0 Å². The molecule has 17 heavy (non-hydrogen) atoms. The van der Waals surface area contributed by atoms with Crippen molar-refractivity contribution < 1.29 is 29.0 Å². The lowest BCUT2D eigenvalue weighted by atomic mass is 10.6. The van der Waals surface area contributed by atoms with Crippen molar-refractivity contribution in [2.75, 3.05) is 26.5 Å². The first kappa shape index (κ1) is 14.9. The highest BCUT2D eigenvalue weighted by Crippen LogP contribution is 1.92. The SMILES string of the molecule is CCOC(=O)OCO/N=N\N(CC)CC(=O)O. The fraction of sp³-hybridized carbons (Fsp3) is 0.750. The second-order valence-corrected chi connectivity index (χ2v) is 2.62. The molecule has 0 saturated heterocycles. The average molecular weight is 249 g/mol. The van der Waals surface area contributed by atoms with Gasteiger partial charge in [0.1, 0.15) is 6.54 Å². The molecular weight excluding hydrogens is 234 g/mol. The predicted molar refractivity (Wildman–Crippen MR) is 53.8 cm³/mol. The van der Waals surface area contributed by atoms with E-state index < -0.39 is 18.9 Å². The molecule has 0 radical (unpaired) electrons. The van der Waals surface area contributed by atoms with E-state index in [1.807, 2.05) is 0 Å². The summed E-state index contributed by atoms with van der Waals surface area (Å²) in [7, 11) is 0. The van der Waals surface area contributed by atoms with Gasteiger partial charge in [-0.25, -0.2) is 4.79 Å². The number of likely N-dealkylation sites (N-methyl/N-ethyl adjacent to an activating group) is 1. The Morgan fingerprint density at radius 2 is 2.00 bits per heavy atom. The van der Waals surface area contributed by atoms with Gasteiger partial charge in [0, 0.05) is 11.8 Å². The quantitative estimate of drug-likeness (QED) is 0.223. The molecule has 0 atom stereocenters. The maximum Gasteiger partial charge on any atom is 0.511 e. The number of hydrogen-bond acceptors (Lipinski definition) is 7. The molecule has 0 saturated carbocycles. The van der Waals surface area contributed by atoms with E-state index in [0.29, 0.717) is 6.54 Å². The highest BCUT2D eigenvalue weighted by atomic mass is 16.8. The summed E-state index contributed by atoms with van der Waals surface area (Å²) in [6.45, 7) is 3.15. The van der Waals surface area contributed by atoms with Crippen molar-refractivity contribution in [1.29, 1.82) is 0 Å². The summed E-state index contributed by atoms with van der Waals surface area (Å²) in [5.41, 5.74) is 0. The Bertz CT molecular complexity index is 270. The monoisotopic (exact) mass is 249 g/mol. The van der Waals surface area contributed by atoms with E-state index in [0.717, 1.165) is 5.01 Å². The van der Waals surface area contributed by atoms with Crippen molar-refractivity contribution in [2.24, 2.45) is 10.5 Å². The lowest BCUT2D eigenvalue weighted by molar-refractivity contribution is -0.138. The standard InChI is InChI=1S/C8H15N3O6/c1-3-11(5-7(12)13)9-10-17-6-16-8(14)15-4-2/h3-6H2,1-2H3,(H,12,13)/b10-9-. The van der Waals surface area contributed by atoms with Gasteiger partial charge in [-0.05, 0) is 19.1 Å². The molecule has 98 valence electrons. The summed E-state index contributed by atoms with van der Waals surface area (Å²) in [5.74, 6) is -1.03. The number of carbonyl (C=O) groups excluding carboxylic acids is 1. The van der Waals surface area contributed by atoms with Gasteiger partial charge in [-0.2, -0.15) is 0 Å². The van der Waals surface area contributed by atoms with Gasteiger partial charge in [-0.15, -0.1) is 0 Å². The molecule has 0 aliphatic heterocycles. The number of hydrogen-bond donors (Lipinski definition) is 1. The fourth-order valence-corrected chi connectivity index (χ4v) is 0.698. The fourth-order valence-electron chi connectivity index (χ4n) is 0.698. The largest absolute Gasteiger partial charge is 0.511 e. The molecule has 0 heterocycles. The zero-order valence-electron chi connectivity index (χ0n) is 9.66. The summed E-state index contributed by atoms with van der Waals surface area (Å²) in [5, 5.41) is 16.3. The van der Waals surface area contributed by atoms with E-state index >= 15 is 0 Å². The maximum absolute atomic E-state index is 10.7. The molecule has 9 heteroatoms. The smallest absolute Gasteiger partial charge is 0.480 e. The lowest BCUT2D eigenvalue weighted by Crippen LogP contribution is -2.24. The molecule has 0 aliphatic carbocycles. The molecule has 0 unspecified atom stereocenters. The van der Waals surface area contributed by atoms with Crippen molar-refractivity contribution in [3.8, 4) is 0 Å². The van der Waals surface area contributed by atoms with Crippen LogP contribution in [0.15, 0.2) is 10.5 Å². The van der Waals surface area contributed by atoms with E-state index in [9.17, 15) is 9.59 Å². The zero-order valence-corrected chi connectivity index (χ0v) is 9.66. The minimum Gasteiger partial charge on any atom is -0.480 e. The van der Waals surface area contributed by atoms with Crippen molar-refractivity contribution in [3.63, 3.8) is 0 Å². The van der Waals surface area contributed by atoms with Crippen molar-refractivity contribution in [1.82, 2.24) is 5.01 Å². The van der Waals surface area contributed by atoms with Crippen LogP contribution in [0, 0.1) is 0 Å². The van der Waals surface area contributed by atoms with Crippen LogP contribution >= 0.6 is 0 Å². The zero-order chi connectivity index (χ0) is 13.1. The van der Waals surface area contributed by atoms with Gasteiger partial charge < -0.3 is 19.4 Å². The maximum atomic E-state index is 10.7. The molecule has 0 amide bonds. The van der Waals surface area contributed by atoms with E-state index in [1.54, 1.807) is 13.8 Å². The highest BCUT2D eigenvalue weighted by Gasteiger charge is 2.04. The Kier molecular flexibility index (Phi) is 8.07. The normalized spacial score (nSPS) is 10.0. The Hall–Kier alpha value is -2.06. The van der Waals surface area contributed by atoms with Gasteiger partial charge in [0.25, 0.3) is 6.79 Å². The number of nitrogens with zero attached hydrogens (tertiary/aromatic N) is 3. The van der Waals surface area contributed by atoms with Gasteiger partial charge in [0.2, 0.25) is 0 Å². The third-order valence-corrected chi connectivity index (χ3v) is 1.40. The van der Waals surface area contributed by atoms with Crippen LogP contribution in [0.4, 0.5) is 4.79 Å². The van der Waals surface area contributed by atoms with Crippen molar-refractivity contribution >= 4 is 12.1 Å². The summed E-state index contributed by atoms with van der Waals surface area (Å²) in [4.78, 5) is 25.5. The Balaban J connectivity index is 3.70. The number of carboxylic acids is 1. The van der Waals surface area contributed by atoms with Gasteiger partial charge in [0.05, 0.1) is 6.61 Å². The third-order valence-electron chi connectivity index (χ3n) is 1.40. The van der Waals surface area contributed by atoms with Crippen LogP contribution in [0.5, 0.6) is 0 Å². The molecule has 1 N–H and O–H groups in total.